The second kappa shape index (κ2) is 11.8. The van der Waals surface area contributed by atoms with Crippen molar-refractivity contribution in [2.24, 2.45) is 4.99 Å². The molecule has 7 nitrogen and oxygen atoms in total. The number of carbonyl (C=O) groups is 1. The average molecular weight is 417 g/mol. The van der Waals surface area contributed by atoms with E-state index >= 15 is 0 Å². The molecule has 0 bridgehead atoms. The fraction of sp³-hybridized carbons (Fsp3) is 0.652. The molecule has 0 aromatic heterocycles. The quantitative estimate of drug-likeness (QED) is 0.448. The Morgan fingerprint density at radius 2 is 2.00 bits per heavy atom. The first-order chi connectivity index (χ1) is 14.6. The van der Waals surface area contributed by atoms with Crippen molar-refractivity contribution in [1.29, 1.82) is 0 Å². The molecule has 1 aromatic carbocycles. The third-order valence-electron chi connectivity index (χ3n) is 5.73. The van der Waals surface area contributed by atoms with Crippen molar-refractivity contribution in [1.82, 2.24) is 16.0 Å². The number of hydrogen-bond acceptors (Lipinski definition) is 4. The molecule has 1 aliphatic carbocycles. The number of nitrogens with zero attached hydrogens (tertiary/aromatic N) is 1. The van der Waals surface area contributed by atoms with Gasteiger partial charge in [-0.1, -0.05) is 31.4 Å². The van der Waals surface area contributed by atoms with Crippen molar-refractivity contribution < 1.29 is 14.3 Å². The fourth-order valence-electron chi connectivity index (χ4n) is 3.99. The van der Waals surface area contributed by atoms with E-state index in [4.69, 9.17) is 9.47 Å². The van der Waals surface area contributed by atoms with Gasteiger partial charge in [0.15, 0.2) is 5.96 Å². The lowest BCUT2D eigenvalue weighted by atomic mass is 9.95. The van der Waals surface area contributed by atoms with Crippen LogP contribution in [-0.2, 0) is 16.1 Å². The summed E-state index contributed by atoms with van der Waals surface area (Å²) in [5.74, 6) is 1.48. The van der Waals surface area contributed by atoms with Crippen LogP contribution in [0.1, 0.15) is 56.1 Å². The number of aliphatic imine (C=N–C) groups is 1. The van der Waals surface area contributed by atoms with Gasteiger partial charge in [-0.2, -0.15) is 0 Å². The minimum atomic E-state index is 0.0146. The zero-order valence-corrected chi connectivity index (χ0v) is 18.3. The second-order valence-corrected chi connectivity index (χ2v) is 8.24. The molecule has 1 unspecified atom stereocenters. The zero-order chi connectivity index (χ0) is 21.2. The van der Waals surface area contributed by atoms with Crippen LogP contribution in [0.5, 0.6) is 5.75 Å². The minimum Gasteiger partial charge on any atom is -0.491 e. The second-order valence-electron chi connectivity index (χ2n) is 8.24. The molecule has 1 heterocycles. The molecule has 1 aromatic rings. The van der Waals surface area contributed by atoms with Crippen LogP contribution in [0.4, 0.5) is 0 Å². The van der Waals surface area contributed by atoms with Crippen molar-refractivity contribution in [2.45, 2.75) is 70.6 Å². The lowest BCUT2D eigenvalue weighted by Crippen LogP contribution is -2.45. The molecule has 2 fully saturated rings. The number of amides is 1. The Morgan fingerprint density at radius 1 is 1.17 bits per heavy atom. The van der Waals surface area contributed by atoms with E-state index in [1.807, 2.05) is 0 Å². The van der Waals surface area contributed by atoms with Crippen molar-refractivity contribution in [3.8, 4) is 5.75 Å². The number of ether oxygens (including phenoxy) is 2. The summed E-state index contributed by atoms with van der Waals surface area (Å²) < 4.78 is 11.7. The molecule has 0 radical (unpaired) electrons. The average Bonchev–Trinajstić information content (AvgIpc) is 3.28. The molecule has 1 atom stereocenters. The third kappa shape index (κ3) is 7.20. The highest BCUT2D eigenvalue weighted by Crippen LogP contribution is 2.22. The van der Waals surface area contributed by atoms with Crippen molar-refractivity contribution in [2.75, 3.05) is 26.8 Å². The van der Waals surface area contributed by atoms with E-state index in [1.165, 1.54) is 19.3 Å². The maximum absolute atomic E-state index is 12.2. The van der Waals surface area contributed by atoms with Crippen LogP contribution in [0.3, 0.4) is 0 Å². The predicted molar refractivity (Wildman–Crippen MR) is 119 cm³/mol. The van der Waals surface area contributed by atoms with Gasteiger partial charge >= 0.3 is 0 Å². The third-order valence-corrected chi connectivity index (χ3v) is 5.73. The number of guanidine groups is 1. The Balaban J connectivity index is 1.46. The summed E-state index contributed by atoms with van der Waals surface area (Å²) in [6, 6.07) is 6.51. The van der Waals surface area contributed by atoms with E-state index in [1.54, 1.807) is 7.05 Å². The summed E-state index contributed by atoms with van der Waals surface area (Å²) in [5, 5.41) is 9.50. The van der Waals surface area contributed by atoms with Crippen LogP contribution in [-0.4, -0.2) is 50.8 Å². The Bertz CT molecular complexity index is 710. The van der Waals surface area contributed by atoms with E-state index in [2.05, 4.69) is 46.1 Å². The first kappa shape index (κ1) is 22.4. The standard InChI is InChI=1S/C23H36N4O3/c1-17-10-11-18(21(13-17)30-16-20-9-6-12-29-20)14-25-23(24-2)26-15-22(28)27-19-7-4-3-5-8-19/h10-11,13,19-20H,3-9,12,14-16H2,1-2H3,(H,27,28)(H2,24,25,26). The Kier molecular flexibility index (Phi) is 8.81. The molecule has 1 saturated heterocycles. The maximum Gasteiger partial charge on any atom is 0.239 e. The van der Waals surface area contributed by atoms with Gasteiger partial charge in [-0.05, 0) is 44.2 Å². The predicted octanol–water partition coefficient (Wildman–Crippen LogP) is 2.67. The summed E-state index contributed by atoms with van der Waals surface area (Å²) in [5.41, 5.74) is 2.20. The Hall–Kier alpha value is -2.28. The molecule has 0 spiro atoms. The number of benzene rings is 1. The van der Waals surface area contributed by atoms with E-state index in [0.29, 0.717) is 25.2 Å². The lowest BCUT2D eigenvalue weighted by Gasteiger charge is -2.23. The van der Waals surface area contributed by atoms with Gasteiger partial charge < -0.3 is 25.4 Å². The SMILES string of the molecule is CN=C(NCC(=O)NC1CCCCC1)NCc1ccc(C)cc1OCC1CCCO1. The largest absolute Gasteiger partial charge is 0.491 e. The van der Waals surface area contributed by atoms with Crippen LogP contribution in [0, 0.1) is 6.92 Å². The number of aryl methyl sites for hydroxylation is 1. The van der Waals surface area contributed by atoms with Gasteiger partial charge in [0.25, 0.3) is 0 Å². The van der Waals surface area contributed by atoms with Gasteiger partial charge in [0.05, 0.1) is 12.6 Å². The molecular weight excluding hydrogens is 380 g/mol. The van der Waals surface area contributed by atoms with E-state index < -0.39 is 0 Å². The molecule has 3 N–H and O–H groups in total. The Labute approximate surface area is 180 Å². The molecule has 7 heteroatoms. The smallest absolute Gasteiger partial charge is 0.239 e. The summed E-state index contributed by atoms with van der Waals surface area (Å²) >= 11 is 0. The van der Waals surface area contributed by atoms with Crippen LogP contribution in [0.2, 0.25) is 0 Å². The fourth-order valence-corrected chi connectivity index (χ4v) is 3.99. The monoisotopic (exact) mass is 416 g/mol. The van der Waals surface area contributed by atoms with Crippen LogP contribution < -0.4 is 20.7 Å². The molecule has 166 valence electrons. The molecule has 30 heavy (non-hydrogen) atoms. The van der Waals surface area contributed by atoms with Crippen molar-refractivity contribution in [3.63, 3.8) is 0 Å². The summed E-state index contributed by atoms with van der Waals surface area (Å²) in [7, 11) is 1.71. The van der Waals surface area contributed by atoms with Gasteiger partial charge in [0.2, 0.25) is 5.91 Å². The topological polar surface area (TPSA) is 84.0 Å². The summed E-state index contributed by atoms with van der Waals surface area (Å²) in [4.78, 5) is 16.5. The van der Waals surface area contributed by atoms with Gasteiger partial charge in [-0.25, -0.2) is 0 Å². The molecular formula is C23H36N4O3. The highest BCUT2D eigenvalue weighted by atomic mass is 16.5. The van der Waals surface area contributed by atoms with Gasteiger partial charge in [-0.15, -0.1) is 0 Å². The van der Waals surface area contributed by atoms with Gasteiger partial charge in [0, 0.05) is 31.8 Å². The summed E-state index contributed by atoms with van der Waals surface area (Å²) in [6.45, 7) is 4.23. The maximum atomic E-state index is 12.2. The lowest BCUT2D eigenvalue weighted by molar-refractivity contribution is -0.120. The normalized spacial score (nSPS) is 20.1. The van der Waals surface area contributed by atoms with Crippen molar-refractivity contribution in [3.05, 3.63) is 29.3 Å². The molecule has 1 amide bonds. The molecule has 1 saturated carbocycles. The van der Waals surface area contributed by atoms with Gasteiger partial charge in [-0.3, -0.25) is 9.79 Å². The van der Waals surface area contributed by atoms with E-state index in [9.17, 15) is 4.79 Å². The molecule has 3 rings (SSSR count). The van der Waals surface area contributed by atoms with Crippen LogP contribution >= 0.6 is 0 Å². The van der Waals surface area contributed by atoms with Gasteiger partial charge in [0.1, 0.15) is 12.4 Å². The van der Waals surface area contributed by atoms with Crippen LogP contribution in [0.15, 0.2) is 23.2 Å². The number of rotatable bonds is 8. The highest BCUT2D eigenvalue weighted by molar-refractivity contribution is 5.86. The zero-order valence-electron chi connectivity index (χ0n) is 18.3. The van der Waals surface area contributed by atoms with E-state index in [0.717, 1.165) is 49.2 Å². The van der Waals surface area contributed by atoms with E-state index in [-0.39, 0.29) is 18.6 Å². The van der Waals surface area contributed by atoms with Crippen LogP contribution in [0.25, 0.3) is 0 Å². The van der Waals surface area contributed by atoms with Crippen molar-refractivity contribution >= 4 is 11.9 Å². The molecule has 1 aliphatic heterocycles. The number of carbonyl (C=O) groups excluding carboxylic acids is 1. The number of hydrogen-bond donors (Lipinski definition) is 3. The summed E-state index contributed by atoms with van der Waals surface area (Å²) in [6.07, 6.45) is 8.20. The molecule has 2 aliphatic rings. The minimum absolute atomic E-state index is 0.0146. The Morgan fingerprint density at radius 3 is 2.73 bits per heavy atom. The first-order valence-corrected chi connectivity index (χ1v) is 11.2. The highest BCUT2D eigenvalue weighted by Gasteiger charge is 2.18. The first-order valence-electron chi connectivity index (χ1n) is 11.2. The number of nitrogens with one attached hydrogen (secondary N) is 3.